The van der Waals surface area contributed by atoms with E-state index in [1.807, 2.05) is 12.1 Å². The summed E-state index contributed by atoms with van der Waals surface area (Å²) in [6.45, 7) is 3.34. The number of hydrogen-bond donors (Lipinski definition) is 2. The van der Waals surface area contributed by atoms with Crippen LogP contribution in [0, 0.1) is 0 Å². The fourth-order valence-electron chi connectivity index (χ4n) is 3.24. The van der Waals surface area contributed by atoms with Crippen LogP contribution in [0.3, 0.4) is 0 Å². The van der Waals surface area contributed by atoms with Gasteiger partial charge in [-0.3, -0.25) is 0 Å². The van der Waals surface area contributed by atoms with E-state index in [0.717, 1.165) is 32.0 Å². The maximum atomic E-state index is 6.14. The van der Waals surface area contributed by atoms with Crippen LogP contribution in [0.15, 0.2) is 36.4 Å². The van der Waals surface area contributed by atoms with Crippen LogP contribution in [0.1, 0.15) is 0 Å². The number of nitrogens with zero attached hydrogens (tertiary/aromatic N) is 3. The van der Waals surface area contributed by atoms with E-state index in [1.54, 1.807) is 26.4 Å². The number of aromatic nitrogens is 2. The van der Waals surface area contributed by atoms with Gasteiger partial charge in [-0.15, -0.1) is 12.4 Å². The number of methoxy groups -OCH3 is 2. The van der Waals surface area contributed by atoms with Crippen molar-refractivity contribution < 1.29 is 14.2 Å². The van der Waals surface area contributed by atoms with Crippen molar-refractivity contribution in [3.05, 3.63) is 36.4 Å². The van der Waals surface area contributed by atoms with E-state index >= 15 is 0 Å². The quantitative estimate of drug-likeness (QED) is 0.653. The molecule has 154 valence electrons. The van der Waals surface area contributed by atoms with Gasteiger partial charge in [0.05, 0.1) is 33.0 Å². The van der Waals surface area contributed by atoms with Gasteiger partial charge in [0, 0.05) is 35.9 Å². The molecule has 1 aliphatic heterocycles. The Morgan fingerprint density at radius 3 is 2.31 bits per heavy atom. The van der Waals surface area contributed by atoms with Crippen molar-refractivity contribution in [3.8, 4) is 11.5 Å². The highest BCUT2D eigenvalue weighted by molar-refractivity contribution is 5.92. The van der Waals surface area contributed by atoms with Crippen molar-refractivity contribution in [1.29, 1.82) is 0 Å². The minimum Gasteiger partial charge on any atom is -0.493 e. The molecule has 2 aromatic carbocycles. The number of nitrogens with one attached hydrogen (secondary N) is 1. The molecular formula is C20H24ClN5O3. The van der Waals surface area contributed by atoms with Crippen molar-refractivity contribution in [1.82, 2.24) is 9.97 Å². The summed E-state index contributed by atoms with van der Waals surface area (Å²) < 4.78 is 16.1. The van der Waals surface area contributed by atoms with E-state index in [9.17, 15) is 0 Å². The van der Waals surface area contributed by atoms with E-state index in [4.69, 9.17) is 19.9 Å². The van der Waals surface area contributed by atoms with Gasteiger partial charge < -0.3 is 30.2 Å². The summed E-state index contributed by atoms with van der Waals surface area (Å²) in [6.07, 6.45) is 0. The molecule has 0 spiro atoms. The molecule has 8 nitrogen and oxygen atoms in total. The lowest BCUT2D eigenvalue weighted by molar-refractivity contribution is 0.122. The Morgan fingerprint density at radius 1 is 1.00 bits per heavy atom. The lowest BCUT2D eigenvalue weighted by Crippen LogP contribution is -2.36. The van der Waals surface area contributed by atoms with Crippen molar-refractivity contribution in [3.63, 3.8) is 0 Å². The third kappa shape index (κ3) is 4.38. The summed E-state index contributed by atoms with van der Waals surface area (Å²) in [5, 5.41) is 3.93. The number of halogens is 1. The number of nitrogens with two attached hydrogens (primary N) is 1. The molecule has 29 heavy (non-hydrogen) atoms. The van der Waals surface area contributed by atoms with Crippen LogP contribution in [0.4, 0.5) is 23.1 Å². The van der Waals surface area contributed by atoms with E-state index in [0.29, 0.717) is 34.2 Å². The number of fused-ring (bicyclic) bond motifs is 1. The second-order valence-electron chi connectivity index (χ2n) is 6.43. The fourth-order valence-corrected chi connectivity index (χ4v) is 3.24. The molecule has 2 heterocycles. The second kappa shape index (κ2) is 9.02. The standard InChI is InChI=1S/C20H23N5O3.ClH/c1-26-17-11-15-16(12-18(17)27-2)23-20(24-19(15)21)22-13-3-5-14(6-4-13)25-7-9-28-10-8-25;/h3-6,11-12H,7-10H2,1-2H3,(H3,21,22,23,24);1H. The number of ether oxygens (including phenoxy) is 3. The molecule has 1 aromatic heterocycles. The average Bonchev–Trinajstić information content (AvgIpc) is 2.74. The highest BCUT2D eigenvalue weighted by Gasteiger charge is 2.13. The zero-order valence-electron chi connectivity index (χ0n) is 16.3. The maximum Gasteiger partial charge on any atom is 0.229 e. The first-order chi connectivity index (χ1) is 13.7. The Labute approximate surface area is 175 Å². The molecule has 0 atom stereocenters. The van der Waals surface area contributed by atoms with Crippen LogP contribution >= 0.6 is 12.4 Å². The third-order valence-corrected chi connectivity index (χ3v) is 4.73. The first-order valence-corrected chi connectivity index (χ1v) is 9.07. The molecule has 0 bridgehead atoms. The van der Waals surface area contributed by atoms with Crippen molar-refractivity contribution in [2.24, 2.45) is 0 Å². The molecule has 0 unspecified atom stereocenters. The predicted octanol–water partition coefficient (Wildman–Crippen LogP) is 3.23. The first kappa shape index (κ1) is 20.8. The lowest BCUT2D eigenvalue weighted by atomic mass is 10.2. The largest absolute Gasteiger partial charge is 0.493 e. The average molecular weight is 418 g/mol. The number of rotatable bonds is 5. The number of morpholine rings is 1. The van der Waals surface area contributed by atoms with Crippen LogP contribution < -0.4 is 25.4 Å². The van der Waals surface area contributed by atoms with Gasteiger partial charge in [-0.2, -0.15) is 4.98 Å². The molecule has 0 radical (unpaired) electrons. The van der Waals surface area contributed by atoms with Crippen LogP contribution in [0.25, 0.3) is 10.9 Å². The van der Waals surface area contributed by atoms with Gasteiger partial charge in [0.2, 0.25) is 5.95 Å². The van der Waals surface area contributed by atoms with Crippen LogP contribution in [0.2, 0.25) is 0 Å². The Bertz CT molecular complexity index is 978. The molecule has 4 rings (SSSR count). The molecular weight excluding hydrogens is 394 g/mol. The van der Waals surface area contributed by atoms with E-state index in [2.05, 4.69) is 32.3 Å². The summed E-state index contributed by atoms with van der Waals surface area (Å²) in [7, 11) is 3.17. The van der Waals surface area contributed by atoms with Crippen LogP contribution in [-0.4, -0.2) is 50.5 Å². The fraction of sp³-hybridized carbons (Fsp3) is 0.300. The molecule has 9 heteroatoms. The molecule has 1 aliphatic rings. The normalized spacial score (nSPS) is 13.7. The molecule has 1 saturated heterocycles. The summed E-state index contributed by atoms with van der Waals surface area (Å²) >= 11 is 0. The summed E-state index contributed by atoms with van der Waals surface area (Å²) in [4.78, 5) is 11.2. The molecule has 0 saturated carbocycles. The minimum atomic E-state index is 0. The topological polar surface area (TPSA) is 94.8 Å². The number of hydrogen-bond acceptors (Lipinski definition) is 8. The summed E-state index contributed by atoms with van der Waals surface area (Å²) in [5.74, 6) is 1.98. The van der Waals surface area contributed by atoms with Gasteiger partial charge >= 0.3 is 0 Å². The Balaban J connectivity index is 0.00000240. The van der Waals surface area contributed by atoms with E-state index in [-0.39, 0.29) is 12.4 Å². The van der Waals surface area contributed by atoms with Gasteiger partial charge in [-0.05, 0) is 30.3 Å². The minimum absolute atomic E-state index is 0. The SMILES string of the molecule is COc1cc2nc(Nc3ccc(N4CCOCC4)cc3)nc(N)c2cc1OC.Cl. The number of anilines is 4. The second-order valence-corrected chi connectivity index (χ2v) is 6.43. The number of benzene rings is 2. The van der Waals surface area contributed by atoms with Gasteiger partial charge in [-0.1, -0.05) is 0 Å². The summed E-state index contributed by atoms with van der Waals surface area (Å²) in [5.41, 5.74) is 8.88. The van der Waals surface area contributed by atoms with Crippen LogP contribution in [0.5, 0.6) is 11.5 Å². The highest BCUT2D eigenvalue weighted by atomic mass is 35.5. The molecule has 3 aromatic rings. The Morgan fingerprint density at radius 2 is 1.66 bits per heavy atom. The van der Waals surface area contributed by atoms with Gasteiger partial charge in [-0.25, -0.2) is 4.98 Å². The smallest absolute Gasteiger partial charge is 0.229 e. The zero-order chi connectivity index (χ0) is 19.5. The maximum absolute atomic E-state index is 6.14. The Kier molecular flexibility index (Phi) is 6.46. The van der Waals surface area contributed by atoms with Crippen molar-refractivity contribution in [2.75, 3.05) is 56.5 Å². The number of nitrogen functional groups attached to an aromatic ring is 1. The van der Waals surface area contributed by atoms with Crippen LogP contribution in [-0.2, 0) is 4.74 Å². The van der Waals surface area contributed by atoms with Gasteiger partial charge in [0.25, 0.3) is 0 Å². The third-order valence-electron chi connectivity index (χ3n) is 4.73. The van der Waals surface area contributed by atoms with Crippen molar-refractivity contribution >= 4 is 46.5 Å². The molecule has 1 fully saturated rings. The zero-order valence-corrected chi connectivity index (χ0v) is 17.2. The molecule has 0 amide bonds. The van der Waals surface area contributed by atoms with Crippen molar-refractivity contribution in [2.45, 2.75) is 0 Å². The summed E-state index contributed by atoms with van der Waals surface area (Å²) in [6, 6.07) is 11.7. The monoisotopic (exact) mass is 417 g/mol. The van der Waals surface area contributed by atoms with Gasteiger partial charge in [0.15, 0.2) is 11.5 Å². The lowest BCUT2D eigenvalue weighted by Gasteiger charge is -2.28. The molecule has 3 N–H and O–H groups in total. The Hall–Kier alpha value is -2.97. The highest BCUT2D eigenvalue weighted by Crippen LogP contribution is 2.34. The predicted molar refractivity (Wildman–Crippen MR) is 117 cm³/mol. The van der Waals surface area contributed by atoms with Gasteiger partial charge in [0.1, 0.15) is 5.82 Å². The molecule has 0 aliphatic carbocycles. The first-order valence-electron chi connectivity index (χ1n) is 9.07. The van der Waals surface area contributed by atoms with E-state index < -0.39 is 0 Å². The van der Waals surface area contributed by atoms with E-state index in [1.165, 1.54) is 5.69 Å².